The molecule has 2 N–H and O–H groups in total. The molecule has 110 valence electrons. The van der Waals surface area contributed by atoms with E-state index < -0.39 is 11.6 Å². The predicted molar refractivity (Wildman–Crippen MR) is 71.3 cm³/mol. The van der Waals surface area contributed by atoms with Gasteiger partial charge in [-0.1, -0.05) is 6.42 Å². The number of amides is 1. The minimum absolute atomic E-state index is 0.0121. The van der Waals surface area contributed by atoms with Crippen LogP contribution in [-0.4, -0.2) is 41.7 Å². The molecule has 1 aromatic carbocycles. The first-order valence-electron chi connectivity index (χ1n) is 6.70. The number of aliphatic hydroxyl groups excluding tert-OH is 1. The van der Waals surface area contributed by atoms with E-state index in [0.717, 1.165) is 37.9 Å². The quantitative estimate of drug-likeness (QED) is 0.885. The molecular formula is C14H18F2N2O2. The van der Waals surface area contributed by atoms with Crippen LogP contribution in [0.2, 0.25) is 0 Å². The Balaban J connectivity index is 1.94. The Morgan fingerprint density at radius 3 is 2.90 bits per heavy atom. The maximum absolute atomic E-state index is 13.4. The molecule has 0 spiro atoms. The van der Waals surface area contributed by atoms with E-state index in [0.29, 0.717) is 0 Å². The van der Waals surface area contributed by atoms with Gasteiger partial charge in [-0.3, -0.25) is 9.69 Å². The van der Waals surface area contributed by atoms with Gasteiger partial charge in [-0.05, 0) is 31.5 Å². The normalized spacial score (nSPS) is 19.9. The molecule has 20 heavy (non-hydrogen) atoms. The summed E-state index contributed by atoms with van der Waals surface area (Å²) in [7, 11) is 0. The number of anilines is 1. The smallest absolute Gasteiger partial charge is 0.238 e. The van der Waals surface area contributed by atoms with E-state index in [1.807, 2.05) is 4.90 Å². The molecule has 1 amide bonds. The summed E-state index contributed by atoms with van der Waals surface area (Å²) in [6, 6.07) is 3.00. The standard InChI is InChI=1S/C14H18F2N2O2/c15-10-4-5-13(12(16)7-10)17-14(20)8-18-6-2-1-3-11(18)9-19/h4-5,7,11,19H,1-3,6,8-9H2,(H,17,20). The van der Waals surface area contributed by atoms with Crippen LogP contribution in [0, 0.1) is 11.6 Å². The number of nitrogens with zero attached hydrogens (tertiary/aromatic N) is 1. The van der Waals surface area contributed by atoms with E-state index in [4.69, 9.17) is 0 Å². The van der Waals surface area contributed by atoms with Crippen LogP contribution >= 0.6 is 0 Å². The summed E-state index contributed by atoms with van der Waals surface area (Å²) in [5, 5.41) is 11.7. The summed E-state index contributed by atoms with van der Waals surface area (Å²) in [6.07, 6.45) is 2.87. The third-order valence-electron chi connectivity index (χ3n) is 3.51. The molecule has 6 heteroatoms. The molecular weight excluding hydrogens is 266 g/mol. The van der Waals surface area contributed by atoms with Crippen LogP contribution in [0.4, 0.5) is 14.5 Å². The topological polar surface area (TPSA) is 52.6 Å². The number of piperidine rings is 1. The highest BCUT2D eigenvalue weighted by atomic mass is 19.1. The van der Waals surface area contributed by atoms with Crippen molar-refractivity contribution in [3.63, 3.8) is 0 Å². The average molecular weight is 284 g/mol. The Labute approximate surface area is 116 Å². The fourth-order valence-electron chi connectivity index (χ4n) is 2.44. The number of benzene rings is 1. The van der Waals surface area contributed by atoms with Gasteiger partial charge in [0.25, 0.3) is 0 Å². The van der Waals surface area contributed by atoms with Crippen molar-refractivity contribution in [2.75, 3.05) is 25.0 Å². The summed E-state index contributed by atoms with van der Waals surface area (Å²) in [5.74, 6) is -1.84. The number of carbonyl (C=O) groups is 1. The predicted octanol–water partition coefficient (Wildman–Crippen LogP) is 1.75. The van der Waals surface area contributed by atoms with E-state index in [1.54, 1.807) is 0 Å². The van der Waals surface area contributed by atoms with Crippen LogP contribution in [0.1, 0.15) is 19.3 Å². The zero-order chi connectivity index (χ0) is 14.5. The lowest BCUT2D eigenvalue weighted by atomic mass is 10.0. The van der Waals surface area contributed by atoms with Gasteiger partial charge in [0, 0.05) is 12.1 Å². The molecule has 1 aromatic rings. The van der Waals surface area contributed by atoms with Gasteiger partial charge in [0.15, 0.2) is 0 Å². The van der Waals surface area contributed by atoms with Crippen LogP contribution in [0.3, 0.4) is 0 Å². The van der Waals surface area contributed by atoms with Crippen LogP contribution in [0.5, 0.6) is 0 Å². The number of hydrogen-bond donors (Lipinski definition) is 2. The molecule has 0 aliphatic carbocycles. The molecule has 1 saturated heterocycles. The number of likely N-dealkylation sites (tertiary alicyclic amines) is 1. The summed E-state index contributed by atoms with van der Waals surface area (Å²) in [5.41, 5.74) is -0.0334. The molecule has 0 aromatic heterocycles. The maximum Gasteiger partial charge on any atom is 0.238 e. The molecule has 4 nitrogen and oxygen atoms in total. The molecule has 1 unspecified atom stereocenters. The lowest BCUT2D eigenvalue weighted by molar-refractivity contribution is -0.118. The second-order valence-electron chi connectivity index (χ2n) is 4.98. The molecule has 1 aliphatic heterocycles. The van der Waals surface area contributed by atoms with E-state index in [1.165, 1.54) is 6.07 Å². The SMILES string of the molecule is O=C(CN1CCCCC1CO)Nc1ccc(F)cc1F. The highest BCUT2D eigenvalue weighted by molar-refractivity contribution is 5.92. The van der Waals surface area contributed by atoms with Crippen molar-refractivity contribution in [2.24, 2.45) is 0 Å². The molecule has 1 heterocycles. The highest BCUT2D eigenvalue weighted by Gasteiger charge is 2.23. The number of aliphatic hydroxyl groups is 1. The average Bonchev–Trinajstić information content (AvgIpc) is 2.42. The zero-order valence-electron chi connectivity index (χ0n) is 11.1. The van der Waals surface area contributed by atoms with Gasteiger partial charge >= 0.3 is 0 Å². The third-order valence-corrected chi connectivity index (χ3v) is 3.51. The minimum atomic E-state index is -0.796. The van der Waals surface area contributed by atoms with Gasteiger partial charge in [0.05, 0.1) is 18.8 Å². The zero-order valence-corrected chi connectivity index (χ0v) is 11.1. The Morgan fingerprint density at radius 1 is 1.40 bits per heavy atom. The first-order valence-corrected chi connectivity index (χ1v) is 6.70. The fraction of sp³-hybridized carbons (Fsp3) is 0.500. The largest absolute Gasteiger partial charge is 0.395 e. The summed E-state index contributed by atoms with van der Waals surface area (Å²) in [6.45, 7) is 0.852. The number of rotatable bonds is 4. The van der Waals surface area contributed by atoms with Gasteiger partial charge in [0.2, 0.25) is 5.91 Å². The van der Waals surface area contributed by atoms with Crippen molar-refractivity contribution in [2.45, 2.75) is 25.3 Å². The van der Waals surface area contributed by atoms with Gasteiger partial charge < -0.3 is 10.4 Å². The molecule has 1 fully saturated rings. The molecule has 2 rings (SSSR count). The molecule has 1 atom stereocenters. The molecule has 0 saturated carbocycles. The summed E-state index contributed by atoms with van der Waals surface area (Å²) < 4.78 is 26.2. The van der Waals surface area contributed by atoms with Crippen LogP contribution in [0.25, 0.3) is 0 Å². The van der Waals surface area contributed by atoms with Gasteiger partial charge in [0.1, 0.15) is 11.6 Å². The van der Waals surface area contributed by atoms with Crippen molar-refractivity contribution >= 4 is 11.6 Å². The first-order chi connectivity index (χ1) is 9.60. The van der Waals surface area contributed by atoms with E-state index >= 15 is 0 Å². The highest BCUT2D eigenvalue weighted by Crippen LogP contribution is 2.18. The summed E-state index contributed by atoms with van der Waals surface area (Å²) >= 11 is 0. The van der Waals surface area contributed by atoms with Gasteiger partial charge in [-0.2, -0.15) is 0 Å². The number of nitrogens with one attached hydrogen (secondary N) is 1. The lowest BCUT2D eigenvalue weighted by Gasteiger charge is -2.33. The van der Waals surface area contributed by atoms with E-state index in [9.17, 15) is 18.7 Å². The minimum Gasteiger partial charge on any atom is -0.395 e. The van der Waals surface area contributed by atoms with Gasteiger partial charge in [-0.25, -0.2) is 8.78 Å². The van der Waals surface area contributed by atoms with Crippen molar-refractivity contribution in [1.82, 2.24) is 4.90 Å². The number of carbonyl (C=O) groups excluding carboxylic acids is 1. The molecule has 0 bridgehead atoms. The van der Waals surface area contributed by atoms with Crippen molar-refractivity contribution in [1.29, 1.82) is 0 Å². The van der Waals surface area contributed by atoms with Crippen LogP contribution in [-0.2, 0) is 4.79 Å². The van der Waals surface area contributed by atoms with Crippen molar-refractivity contribution in [3.05, 3.63) is 29.8 Å². The Kier molecular flexibility index (Phi) is 5.03. The second kappa shape index (κ2) is 6.76. The van der Waals surface area contributed by atoms with Gasteiger partial charge in [-0.15, -0.1) is 0 Å². The third kappa shape index (κ3) is 3.74. The molecule has 1 aliphatic rings. The fourth-order valence-corrected chi connectivity index (χ4v) is 2.44. The maximum atomic E-state index is 13.4. The second-order valence-corrected chi connectivity index (χ2v) is 4.98. The Morgan fingerprint density at radius 2 is 2.20 bits per heavy atom. The summed E-state index contributed by atoms with van der Waals surface area (Å²) in [4.78, 5) is 13.8. The first kappa shape index (κ1) is 14.9. The monoisotopic (exact) mass is 284 g/mol. The number of halogens is 2. The molecule has 0 radical (unpaired) electrons. The Hall–Kier alpha value is -1.53. The Bertz CT molecular complexity index is 482. The number of hydrogen-bond acceptors (Lipinski definition) is 3. The van der Waals surface area contributed by atoms with Crippen LogP contribution in [0.15, 0.2) is 18.2 Å². The van der Waals surface area contributed by atoms with Crippen LogP contribution < -0.4 is 5.32 Å². The van der Waals surface area contributed by atoms with Crippen molar-refractivity contribution in [3.8, 4) is 0 Å². The van der Waals surface area contributed by atoms with Crippen molar-refractivity contribution < 1.29 is 18.7 Å². The van der Waals surface area contributed by atoms with E-state index in [-0.39, 0.29) is 30.8 Å². The lowest BCUT2D eigenvalue weighted by Crippen LogP contribution is -2.45. The van der Waals surface area contributed by atoms with E-state index in [2.05, 4.69) is 5.32 Å².